The van der Waals surface area contributed by atoms with Gasteiger partial charge in [0.05, 0.1) is 0 Å². The number of likely N-dealkylation sites (N-methyl/N-ethyl adjacent to an activating group) is 2. The fourth-order valence-electron chi connectivity index (χ4n) is 2.94. The third-order valence-electron chi connectivity index (χ3n) is 4.33. The lowest BCUT2D eigenvalue weighted by Crippen LogP contribution is -2.56. The zero-order valence-corrected chi connectivity index (χ0v) is 12.5. The maximum absolute atomic E-state index is 11.2. The summed E-state index contributed by atoms with van der Waals surface area (Å²) in [6.45, 7) is 1.57. The van der Waals surface area contributed by atoms with E-state index in [1.165, 1.54) is 25.5 Å². The zero-order valence-electron chi connectivity index (χ0n) is 12.5. The largest absolute Gasteiger partial charge is 0.477 e. The van der Waals surface area contributed by atoms with Crippen molar-refractivity contribution < 1.29 is 9.90 Å². The molecule has 0 radical (unpaired) electrons. The summed E-state index contributed by atoms with van der Waals surface area (Å²) in [5.41, 5.74) is 1.18. The van der Waals surface area contributed by atoms with E-state index in [2.05, 4.69) is 28.9 Å². The molecule has 5 heteroatoms. The maximum atomic E-state index is 11.2. The highest BCUT2D eigenvalue weighted by Gasteiger charge is 2.39. The summed E-state index contributed by atoms with van der Waals surface area (Å²) in [6.07, 6.45) is 5.23. The van der Waals surface area contributed by atoms with Crippen molar-refractivity contribution in [3.63, 3.8) is 0 Å². The van der Waals surface area contributed by atoms with Crippen LogP contribution in [0, 0.1) is 0 Å². The van der Waals surface area contributed by atoms with Gasteiger partial charge in [0, 0.05) is 24.8 Å². The van der Waals surface area contributed by atoms with Gasteiger partial charge in [-0.2, -0.15) is 0 Å². The number of carboxylic acid groups (broad SMARTS) is 1. The van der Waals surface area contributed by atoms with Crippen LogP contribution >= 0.6 is 0 Å². The van der Waals surface area contributed by atoms with Gasteiger partial charge in [-0.25, -0.2) is 9.78 Å². The van der Waals surface area contributed by atoms with Crippen LogP contribution in [0.15, 0.2) is 18.3 Å². The first kappa shape index (κ1) is 14.9. The van der Waals surface area contributed by atoms with Crippen molar-refractivity contribution in [1.82, 2.24) is 14.8 Å². The Hall–Kier alpha value is -1.46. The van der Waals surface area contributed by atoms with E-state index in [4.69, 9.17) is 5.11 Å². The van der Waals surface area contributed by atoms with Crippen molar-refractivity contribution in [2.45, 2.75) is 31.3 Å². The predicted octanol–water partition coefficient (Wildman–Crippen LogP) is 1.70. The van der Waals surface area contributed by atoms with E-state index < -0.39 is 5.97 Å². The Balaban J connectivity index is 2.05. The Kier molecular flexibility index (Phi) is 4.40. The second-order valence-electron chi connectivity index (χ2n) is 5.96. The molecule has 0 atom stereocenters. The van der Waals surface area contributed by atoms with Gasteiger partial charge >= 0.3 is 5.97 Å². The first-order valence-electron chi connectivity index (χ1n) is 6.98. The smallest absolute Gasteiger partial charge is 0.354 e. The summed E-state index contributed by atoms with van der Waals surface area (Å²) >= 11 is 0. The molecule has 0 aromatic carbocycles. The first-order chi connectivity index (χ1) is 9.44. The van der Waals surface area contributed by atoms with Gasteiger partial charge in [-0.1, -0.05) is 6.07 Å². The molecule has 20 heavy (non-hydrogen) atoms. The lowest BCUT2D eigenvalue weighted by atomic mass is 9.75. The van der Waals surface area contributed by atoms with Crippen LogP contribution in [0.3, 0.4) is 0 Å². The van der Waals surface area contributed by atoms with E-state index in [1.54, 1.807) is 6.07 Å². The predicted molar refractivity (Wildman–Crippen MR) is 77.8 cm³/mol. The lowest BCUT2D eigenvalue weighted by molar-refractivity contribution is 0.0257. The highest BCUT2D eigenvalue weighted by Crippen LogP contribution is 2.36. The van der Waals surface area contributed by atoms with Crippen LogP contribution in [-0.4, -0.2) is 59.1 Å². The number of rotatable bonds is 6. The molecule has 1 aliphatic rings. The van der Waals surface area contributed by atoms with Gasteiger partial charge in [-0.05, 0) is 52.0 Å². The Morgan fingerprint density at radius 1 is 1.40 bits per heavy atom. The number of carboxylic acids is 1. The number of nitrogens with zero attached hydrogens (tertiary/aromatic N) is 3. The molecular formula is C15H23N3O2. The molecule has 1 fully saturated rings. The molecule has 0 unspecified atom stereocenters. The zero-order chi connectivity index (χ0) is 14.8. The Morgan fingerprint density at radius 3 is 2.60 bits per heavy atom. The van der Waals surface area contributed by atoms with Crippen LogP contribution in [0.2, 0.25) is 0 Å². The van der Waals surface area contributed by atoms with Crippen LogP contribution in [0.25, 0.3) is 0 Å². The molecule has 1 aromatic heterocycles. The van der Waals surface area contributed by atoms with Crippen molar-refractivity contribution in [2.75, 3.05) is 27.7 Å². The number of hydrogen-bond acceptors (Lipinski definition) is 4. The van der Waals surface area contributed by atoms with E-state index >= 15 is 0 Å². The van der Waals surface area contributed by atoms with E-state index in [9.17, 15) is 4.79 Å². The molecule has 0 aliphatic heterocycles. The molecular weight excluding hydrogens is 254 g/mol. The highest BCUT2D eigenvalue weighted by atomic mass is 16.4. The second kappa shape index (κ2) is 5.89. The standard InChI is InChI=1S/C15H23N3O2/c1-17(2)15(7-5-8-15)11-18(3)10-12-6-4-9-16-13(12)14(19)20/h4,6,9H,5,7-8,10-11H2,1-3H3,(H,19,20). The average Bonchev–Trinajstić information content (AvgIpc) is 2.33. The second-order valence-corrected chi connectivity index (χ2v) is 5.96. The third kappa shape index (κ3) is 2.99. The van der Waals surface area contributed by atoms with E-state index in [0.29, 0.717) is 6.54 Å². The number of carbonyl (C=O) groups is 1. The maximum Gasteiger partial charge on any atom is 0.354 e. The van der Waals surface area contributed by atoms with E-state index in [0.717, 1.165) is 12.1 Å². The van der Waals surface area contributed by atoms with Crippen molar-refractivity contribution in [3.05, 3.63) is 29.6 Å². The van der Waals surface area contributed by atoms with Crippen LogP contribution in [-0.2, 0) is 6.54 Å². The summed E-state index contributed by atoms with van der Waals surface area (Å²) in [6, 6.07) is 3.64. The molecule has 1 aromatic rings. The molecule has 0 spiro atoms. The number of aromatic nitrogens is 1. The first-order valence-corrected chi connectivity index (χ1v) is 6.98. The van der Waals surface area contributed by atoms with Crippen LogP contribution in [0.1, 0.15) is 35.3 Å². The molecule has 1 aliphatic carbocycles. The van der Waals surface area contributed by atoms with Gasteiger partial charge in [-0.3, -0.25) is 0 Å². The Labute approximate surface area is 120 Å². The van der Waals surface area contributed by atoms with Gasteiger partial charge in [0.15, 0.2) is 5.69 Å². The van der Waals surface area contributed by atoms with E-state index in [-0.39, 0.29) is 11.2 Å². The van der Waals surface area contributed by atoms with Crippen molar-refractivity contribution >= 4 is 5.97 Å². The summed E-state index contributed by atoms with van der Waals surface area (Å²) in [5, 5.41) is 9.17. The minimum atomic E-state index is -0.958. The third-order valence-corrected chi connectivity index (χ3v) is 4.33. The SMILES string of the molecule is CN(Cc1cccnc1C(=O)O)CC1(N(C)C)CCC1. The summed E-state index contributed by atoms with van der Waals surface area (Å²) in [4.78, 5) is 19.6. The van der Waals surface area contributed by atoms with Crippen molar-refractivity contribution in [3.8, 4) is 0 Å². The fourth-order valence-corrected chi connectivity index (χ4v) is 2.94. The average molecular weight is 277 g/mol. The highest BCUT2D eigenvalue weighted by molar-refractivity contribution is 5.86. The molecule has 2 rings (SSSR count). The Bertz CT molecular complexity index is 484. The molecule has 0 amide bonds. The van der Waals surface area contributed by atoms with Gasteiger partial charge in [0.2, 0.25) is 0 Å². The minimum Gasteiger partial charge on any atom is -0.477 e. The van der Waals surface area contributed by atoms with Crippen LogP contribution in [0.4, 0.5) is 0 Å². The molecule has 1 saturated carbocycles. The quantitative estimate of drug-likeness (QED) is 0.857. The summed E-state index contributed by atoms with van der Waals surface area (Å²) in [7, 11) is 6.29. The number of pyridine rings is 1. The molecule has 1 heterocycles. The van der Waals surface area contributed by atoms with Crippen LogP contribution < -0.4 is 0 Å². The molecule has 0 bridgehead atoms. The Morgan fingerprint density at radius 2 is 2.10 bits per heavy atom. The van der Waals surface area contributed by atoms with Gasteiger partial charge in [0.25, 0.3) is 0 Å². The van der Waals surface area contributed by atoms with Crippen molar-refractivity contribution in [2.24, 2.45) is 0 Å². The number of aromatic carboxylic acids is 1. The van der Waals surface area contributed by atoms with Gasteiger partial charge in [0.1, 0.15) is 0 Å². The number of hydrogen-bond donors (Lipinski definition) is 1. The topological polar surface area (TPSA) is 56.7 Å². The van der Waals surface area contributed by atoms with Crippen molar-refractivity contribution in [1.29, 1.82) is 0 Å². The van der Waals surface area contributed by atoms with Gasteiger partial charge < -0.3 is 14.9 Å². The monoisotopic (exact) mass is 277 g/mol. The fraction of sp³-hybridized carbons (Fsp3) is 0.600. The van der Waals surface area contributed by atoms with Crippen LogP contribution in [0.5, 0.6) is 0 Å². The van der Waals surface area contributed by atoms with E-state index in [1.807, 2.05) is 13.1 Å². The molecule has 110 valence electrons. The van der Waals surface area contributed by atoms with Gasteiger partial charge in [-0.15, -0.1) is 0 Å². The summed E-state index contributed by atoms with van der Waals surface area (Å²) < 4.78 is 0. The summed E-state index contributed by atoms with van der Waals surface area (Å²) in [5.74, 6) is -0.958. The normalized spacial score (nSPS) is 17.2. The molecule has 5 nitrogen and oxygen atoms in total. The minimum absolute atomic E-state index is 0.159. The lowest BCUT2D eigenvalue weighted by Gasteiger charge is -2.49. The molecule has 1 N–H and O–H groups in total. The molecule has 0 saturated heterocycles.